The predicted octanol–water partition coefficient (Wildman–Crippen LogP) is 3.97. The number of Topliss-reactive ketones (excluding diaryl/α,β-unsaturated/α-hetero) is 1. The lowest BCUT2D eigenvalue weighted by Crippen LogP contribution is -2.55. The first-order chi connectivity index (χ1) is 14.9. The number of ketones is 2. The molecule has 6 nitrogen and oxygen atoms in total. The molecule has 164 valence electrons. The van der Waals surface area contributed by atoms with Crippen molar-refractivity contribution < 1.29 is 23.8 Å². The van der Waals surface area contributed by atoms with Gasteiger partial charge in [0.2, 0.25) is 17.2 Å². The number of carbonyl (C=O) groups excluding carboxylic acids is 2. The number of methoxy groups -OCH3 is 2. The van der Waals surface area contributed by atoms with Gasteiger partial charge in [-0.25, -0.2) is 0 Å². The highest BCUT2D eigenvalue weighted by Crippen LogP contribution is 2.53. The number of fused-ring (bicyclic) bond motifs is 3. The summed E-state index contributed by atoms with van der Waals surface area (Å²) >= 11 is 6.43. The van der Waals surface area contributed by atoms with Crippen molar-refractivity contribution in [3.05, 3.63) is 40.6 Å². The molecule has 1 aromatic rings. The zero-order chi connectivity index (χ0) is 21.9. The van der Waals surface area contributed by atoms with E-state index < -0.39 is 11.4 Å². The third-order valence-corrected chi connectivity index (χ3v) is 7.68. The molecule has 7 heteroatoms. The summed E-state index contributed by atoms with van der Waals surface area (Å²) in [5.74, 6) is 1.59. The van der Waals surface area contributed by atoms with Crippen LogP contribution in [0.2, 0.25) is 5.02 Å². The van der Waals surface area contributed by atoms with Gasteiger partial charge in [0.05, 0.1) is 14.2 Å². The summed E-state index contributed by atoms with van der Waals surface area (Å²) in [6.45, 7) is 2.71. The number of hydrogen-bond acceptors (Lipinski definition) is 6. The van der Waals surface area contributed by atoms with Gasteiger partial charge in [-0.3, -0.25) is 9.59 Å². The normalized spacial score (nSPS) is 32.8. The Kier molecular flexibility index (Phi) is 4.81. The Morgan fingerprint density at radius 2 is 1.97 bits per heavy atom. The molecule has 1 spiro atoms. The van der Waals surface area contributed by atoms with Crippen LogP contribution in [-0.4, -0.2) is 37.9 Å². The molecular formula is C24H26ClNO5. The van der Waals surface area contributed by atoms with Crippen LogP contribution < -0.4 is 19.5 Å². The van der Waals surface area contributed by atoms with E-state index in [9.17, 15) is 9.59 Å². The van der Waals surface area contributed by atoms with E-state index in [2.05, 4.69) is 17.5 Å². The third kappa shape index (κ3) is 2.91. The standard InChI is InChI=1S/C24H26ClNO5/c1-12-6-16(26-11-15-8-13-4-5-14(15)7-13)9-19(27)24(12)23(28)20-17(29-2)10-18(30-3)21(25)22(20)31-24/h4-5,9-10,12-15,26H,6-8,11H2,1-3H3. The Hall–Kier alpha value is -2.47. The second-order valence-electron chi connectivity index (χ2n) is 9.03. The molecule has 1 saturated carbocycles. The van der Waals surface area contributed by atoms with Crippen LogP contribution in [0.5, 0.6) is 17.2 Å². The van der Waals surface area contributed by atoms with Gasteiger partial charge in [-0.1, -0.05) is 30.7 Å². The number of nitrogens with one attached hydrogen (secondary N) is 1. The number of rotatable bonds is 5. The van der Waals surface area contributed by atoms with Crippen molar-refractivity contribution in [2.24, 2.45) is 23.7 Å². The number of allylic oxidation sites excluding steroid dienone is 3. The first kappa shape index (κ1) is 20.4. The van der Waals surface area contributed by atoms with Crippen LogP contribution in [0.25, 0.3) is 0 Å². The molecule has 0 aromatic heterocycles. The molecule has 1 N–H and O–H groups in total. The molecule has 2 bridgehead atoms. The quantitative estimate of drug-likeness (QED) is 0.548. The zero-order valence-electron chi connectivity index (χ0n) is 17.9. The molecule has 0 amide bonds. The Labute approximate surface area is 186 Å². The maximum Gasteiger partial charge on any atom is 0.236 e. The highest BCUT2D eigenvalue weighted by molar-refractivity contribution is 6.36. The topological polar surface area (TPSA) is 73.9 Å². The van der Waals surface area contributed by atoms with Crippen molar-refractivity contribution >= 4 is 23.2 Å². The summed E-state index contributed by atoms with van der Waals surface area (Å²) in [7, 11) is 2.93. The first-order valence-electron chi connectivity index (χ1n) is 10.7. The number of halogens is 1. The van der Waals surface area contributed by atoms with Gasteiger partial charge in [0.1, 0.15) is 22.1 Å². The molecular weight excluding hydrogens is 418 g/mol. The molecule has 4 aliphatic rings. The van der Waals surface area contributed by atoms with E-state index in [-0.39, 0.29) is 33.8 Å². The van der Waals surface area contributed by atoms with Gasteiger partial charge in [0, 0.05) is 30.3 Å². The van der Waals surface area contributed by atoms with Crippen molar-refractivity contribution in [1.82, 2.24) is 5.32 Å². The number of hydrogen-bond donors (Lipinski definition) is 1. The fourth-order valence-corrected chi connectivity index (χ4v) is 5.91. The van der Waals surface area contributed by atoms with Crippen molar-refractivity contribution in [1.29, 1.82) is 0 Å². The second-order valence-corrected chi connectivity index (χ2v) is 9.40. The summed E-state index contributed by atoms with van der Waals surface area (Å²) in [6.07, 6.45) is 9.17. The molecule has 5 atom stereocenters. The second kappa shape index (κ2) is 7.30. The zero-order valence-corrected chi connectivity index (χ0v) is 18.6. The van der Waals surface area contributed by atoms with Gasteiger partial charge < -0.3 is 19.5 Å². The monoisotopic (exact) mass is 443 g/mol. The maximum atomic E-state index is 13.5. The number of benzene rings is 1. The third-order valence-electron chi connectivity index (χ3n) is 7.32. The van der Waals surface area contributed by atoms with Crippen molar-refractivity contribution in [3.8, 4) is 17.2 Å². The largest absolute Gasteiger partial charge is 0.496 e. The fourth-order valence-electron chi connectivity index (χ4n) is 5.64. The SMILES string of the molecule is COc1cc(OC)c2c(c1Cl)OC1(C(=O)C=C(NCC3CC4C=CC3C4)CC1C)C2=O. The molecule has 1 fully saturated rings. The Morgan fingerprint density at radius 3 is 2.58 bits per heavy atom. The first-order valence-corrected chi connectivity index (χ1v) is 11.1. The lowest BCUT2D eigenvalue weighted by Gasteiger charge is -2.35. The molecule has 1 aliphatic heterocycles. The highest BCUT2D eigenvalue weighted by atomic mass is 35.5. The van der Waals surface area contributed by atoms with Crippen LogP contribution in [0, 0.1) is 23.7 Å². The van der Waals surface area contributed by atoms with E-state index in [0.717, 1.165) is 12.2 Å². The van der Waals surface area contributed by atoms with Gasteiger partial charge >= 0.3 is 0 Å². The smallest absolute Gasteiger partial charge is 0.236 e. The van der Waals surface area contributed by atoms with Gasteiger partial charge in [-0.2, -0.15) is 0 Å². The molecule has 5 unspecified atom stereocenters. The van der Waals surface area contributed by atoms with Gasteiger partial charge in [-0.15, -0.1) is 0 Å². The predicted molar refractivity (Wildman–Crippen MR) is 116 cm³/mol. The van der Waals surface area contributed by atoms with Crippen LogP contribution in [0.3, 0.4) is 0 Å². The summed E-state index contributed by atoms with van der Waals surface area (Å²) < 4.78 is 16.7. The number of ether oxygens (including phenoxy) is 3. The van der Waals surface area contributed by atoms with E-state index in [1.807, 2.05) is 6.92 Å². The molecule has 0 saturated heterocycles. The Balaban J connectivity index is 1.41. The van der Waals surface area contributed by atoms with E-state index in [0.29, 0.717) is 29.9 Å². The molecule has 5 rings (SSSR count). The lowest BCUT2D eigenvalue weighted by atomic mass is 9.74. The van der Waals surface area contributed by atoms with Crippen LogP contribution in [0.1, 0.15) is 36.5 Å². The molecule has 0 radical (unpaired) electrons. The minimum absolute atomic E-state index is 0.154. The van der Waals surface area contributed by atoms with Gasteiger partial charge in [0.15, 0.2) is 5.75 Å². The molecule has 31 heavy (non-hydrogen) atoms. The van der Waals surface area contributed by atoms with Gasteiger partial charge in [-0.05, 0) is 37.0 Å². The summed E-state index contributed by atoms with van der Waals surface area (Å²) in [6, 6.07) is 1.55. The summed E-state index contributed by atoms with van der Waals surface area (Å²) in [5.41, 5.74) is -0.559. The van der Waals surface area contributed by atoms with E-state index >= 15 is 0 Å². The average Bonchev–Trinajstić information content (AvgIpc) is 3.46. The van der Waals surface area contributed by atoms with Crippen molar-refractivity contribution in [3.63, 3.8) is 0 Å². The minimum Gasteiger partial charge on any atom is -0.496 e. The van der Waals surface area contributed by atoms with E-state index in [1.54, 1.807) is 6.07 Å². The van der Waals surface area contributed by atoms with Crippen molar-refractivity contribution in [2.75, 3.05) is 20.8 Å². The van der Waals surface area contributed by atoms with Crippen molar-refractivity contribution in [2.45, 2.75) is 31.8 Å². The minimum atomic E-state index is -1.62. The highest BCUT2D eigenvalue weighted by Gasteiger charge is 2.60. The lowest BCUT2D eigenvalue weighted by molar-refractivity contribution is -0.129. The van der Waals surface area contributed by atoms with Crippen LogP contribution in [0.4, 0.5) is 0 Å². The van der Waals surface area contributed by atoms with E-state index in [1.165, 1.54) is 33.1 Å². The Morgan fingerprint density at radius 1 is 1.19 bits per heavy atom. The number of carbonyl (C=O) groups is 2. The van der Waals surface area contributed by atoms with Crippen LogP contribution in [-0.2, 0) is 4.79 Å². The van der Waals surface area contributed by atoms with E-state index in [4.69, 9.17) is 25.8 Å². The fraction of sp³-hybridized carbons (Fsp3) is 0.500. The van der Waals surface area contributed by atoms with Crippen LogP contribution >= 0.6 is 11.6 Å². The maximum absolute atomic E-state index is 13.5. The average molecular weight is 444 g/mol. The Bertz CT molecular complexity index is 1030. The van der Waals surface area contributed by atoms with Gasteiger partial charge in [0.25, 0.3) is 0 Å². The molecule has 1 aromatic carbocycles. The molecule has 3 aliphatic carbocycles. The summed E-state index contributed by atoms with van der Waals surface area (Å²) in [5, 5.41) is 3.64. The molecule has 1 heterocycles. The summed E-state index contributed by atoms with van der Waals surface area (Å²) in [4.78, 5) is 26.8. The van der Waals surface area contributed by atoms with Crippen LogP contribution in [0.15, 0.2) is 30.0 Å².